The van der Waals surface area contributed by atoms with Gasteiger partial charge in [0.05, 0.1) is 12.2 Å². The van der Waals surface area contributed by atoms with Crippen LogP contribution in [0.2, 0.25) is 0 Å². The number of carbonyl (C=O) groups excluding carboxylic acids is 1. The first-order valence-electron chi connectivity index (χ1n) is 5.72. The van der Waals surface area contributed by atoms with Gasteiger partial charge in [-0.05, 0) is 13.3 Å². The first-order chi connectivity index (χ1) is 8.52. The van der Waals surface area contributed by atoms with E-state index in [-0.39, 0.29) is 6.54 Å². The quantitative estimate of drug-likeness (QED) is 0.704. The lowest BCUT2D eigenvalue weighted by molar-refractivity contribution is -0.139. The Morgan fingerprint density at radius 2 is 2.28 bits per heavy atom. The number of urea groups is 1. The van der Waals surface area contributed by atoms with Crippen molar-refractivity contribution in [3.05, 3.63) is 17.5 Å². The maximum Gasteiger partial charge on any atom is 0.326 e. The van der Waals surface area contributed by atoms with E-state index < -0.39 is 18.0 Å². The lowest BCUT2D eigenvalue weighted by Crippen LogP contribution is -2.45. The molecule has 1 atom stereocenters. The van der Waals surface area contributed by atoms with Crippen molar-refractivity contribution in [1.29, 1.82) is 0 Å². The van der Waals surface area contributed by atoms with Crippen molar-refractivity contribution in [1.82, 2.24) is 15.8 Å². The number of carboxylic acid groups (broad SMARTS) is 1. The van der Waals surface area contributed by atoms with E-state index in [1.807, 2.05) is 6.92 Å². The van der Waals surface area contributed by atoms with Crippen LogP contribution in [0.5, 0.6) is 0 Å². The van der Waals surface area contributed by atoms with Crippen LogP contribution >= 0.6 is 0 Å². The molecule has 7 nitrogen and oxygen atoms in total. The third kappa shape index (κ3) is 4.44. The minimum absolute atomic E-state index is 0.172. The molecule has 100 valence electrons. The molecule has 2 amide bonds. The van der Waals surface area contributed by atoms with Crippen LogP contribution in [-0.2, 0) is 11.3 Å². The highest BCUT2D eigenvalue weighted by molar-refractivity contribution is 5.82. The van der Waals surface area contributed by atoms with Crippen molar-refractivity contribution in [2.24, 2.45) is 0 Å². The van der Waals surface area contributed by atoms with E-state index in [9.17, 15) is 9.59 Å². The number of amides is 2. The predicted molar refractivity (Wildman–Crippen MR) is 62.9 cm³/mol. The molecular weight excluding hydrogens is 238 g/mol. The predicted octanol–water partition coefficient (Wildman–Crippen LogP) is 1.04. The second-order valence-corrected chi connectivity index (χ2v) is 3.94. The maximum atomic E-state index is 11.5. The summed E-state index contributed by atoms with van der Waals surface area (Å²) >= 11 is 0. The third-order valence-electron chi connectivity index (χ3n) is 2.28. The highest BCUT2D eigenvalue weighted by Crippen LogP contribution is 2.01. The molecule has 0 saturated carbocycles. The summed E-state index contributed by atoms with van der Waals surface area (Å²) in [6, 6.07) is 0.289. The molecule has 0 radical (unpaired) electrons. The molecule has 0 fully saturated rings. The highest BCUT2D eigenvalue weighted by atomic mass is 16.5. The Morgan fingerprint density at radius 3 is 2.78 bits per heavy atom. The summed E-state index contributed by atoms with van der Waals surface area (Å²) in [5.74, 6) is -0.521. The molecule has 0 aliphatic carbocycles. The molecule has 3 N–H and O–H groups in total. The Hall–Kier alpha value is -2.05. The molecule has 0 bridgehead atoms. The summed E-state index contributed by atoms with van der Waals surface area (Å²) in [5.41, 5.74) is 0.724. The van der Waals surface area contributed by atoms with E-state index in [2.05, 4.69) is 15.8 Å². The molecule has 0 spiro atoms. The zero-order valence-electron chi connectivity index (χ0n) is 10.4. The second-order valence-electron chi connectivity index (χ2n) is 3.94. The van der Waals surface area contributed by atoms with Crippen molar-refractivity contribution in [3.8, 4) is 0 Å². The second kappa shape index (κ2) is 6.63. The summed E-state index contributed by atoms with van der Waals surface area (Å²) in [4.78, 5) is 22.3. The largest absolute Gasteiger partial charge is 0.480 e. The topological polar surface area (TPSA) is 104 Å². The average molecular weight is 255 g/mol. The number of aryl methyl sites for hydroxylation is 1. The van der Waals surface area contributed by atoms with E-state index in [0.717, 1.165) is 5.69 Å². The lowest BCUT2D eigenvalue weighted by atomic mass is 10.2. The molecule has 0 saturated heterocycles. The van der Waals surface area contributed by atoms with Gasteiger partial charge in [0.2, 0.25) is 0 Å². The molecule has 18 heavy (non-hydrogen) atoms. The smallest absolute Gasteiger partial charge is 0.326 e. The molecule has 0 aliphatic rings. The SMILES string of the molecule is CCC[C@H](NC(=O)NCc1cc(C)no1)C(=O)O. The molecule has 1 aromatic rings. The normalized spacial score (nSPS) is 11.9. The Labute approximate surface area is 105 Å². The van der Waals surface area contributed by atoms with Crippen molar-refractivity contribution >= 4 is 12.0 Å². The summed E-state index contributed by atoms with van der Waals surface area (Å²) in [6.45, 7) is 3.80. The average Bonchev–Trinajstić information content (AvgIpc) is 2.72. The number of aromatic nitrogens is 1. The van der Waals surface area contributed by atoms with Crippen LogP contribution in [0.3, 0.4) is 0 Å². The van der Waals surface area contributed by atoms with Crippen LogP contribution in [-0.4, -0.2) is 28.3 Å². The van der Waals surface area contributed by atoms with Crippen molar-refractivity contribution in [3.63, 3.8) is 0 Å². The molecule has 1 heterocycles. The standard InChI is InChI=1S/C11H17N3O4/c1-3-4-9(10(15)16)13-11(17)12-6-8-5-7(2)14-18-8/h5,9H,3-4,6H2,1-2H3,(H,15,16)(H2,12,13,17)/t9-/m0/s1. The summed E-state index contributed by atoms with van der Waals surface area (Å²) in [5, 5.41) is 17.4. The molecule has 7 heteroatoms. The van der Waals surface area contributed by atoms with E-state index in [0.29, 0.717) is 18.6 Å². The zero-order valence-corrected chi connectivity index (χ0v) is 10.4. The fourth-order valence-corrected chi connectivity index (χ4v) is 1.42. The molecular formula is C11H17N3O4. The monoisotopic (exact) mass is 255 g/mol. The van der Waals surface area contributed by atoms with Gasteiger partial charge < -0.3 is 20.3 Å². The summed E-state index contributed by atoms with van der Waals surface area (Å²) in [6.07, 6.45) is 1.07. The minimum atomic E-state index is -1.04. The number of nitrogens with zero attached hydrogens (tertiary/aromatic N) is 1. The number of carbonyl (C=O) groups is 2. The first-order valence-corrected chi connectivity index (χ1v) is 5.72. The van der Waals surface area contributed by atoms with Gasteiger partial charge in [0.15, 0.2) is 5.76 Å². The van der Waals surface area contributed by atoms with Crippen LogP contribution in [0, 0.1) is 6.92 Å². The Morgan fingerprint density at radius 1 is 1.56 bits per heavy atom. The van der Waals surface area contributed by atoms with Crippen molar-refractivity contribution in [2.75, 3.05) is 0 Å². The van der Waals surface area contributed by atoms with E-state index >= 15 is 0 Å². The lowest BCUT2D eigenvalue weighted by Gasteiger charge is -2.13. The Kier molecular flexibility index (Phi) is 5.16. The molecule has 1 rings (SSSR count). The maximum absolute atomic E-state index is 11.5. The zero-order chi connectivity index (χ0) is 13.5. The van der Waals surface area contributed by atoms with Crippen LogP contribution in [0.15, 0.2) is 10.6 Å². The van der Waals surface area contributed by atoms with Gasteiger partial charge in [-0.2, -0.15) is 0 Å². The van der Waals surface area contributed by atoms with Gasteiger partial charge >= 0.3 is 12.0 Å². The fourth-order valence-electron chi connectivity index (χ4n) is 1.42. The van der Waals surface area contributed by atoms with Gasteiger partial charge in [0, 0.05) is 6.07 Å². The van der Waals surface area contributed by atoms with Gasteiger partial charge in [-0.3, -0.25) is 0 Å². The molecule has 0 aliphatic heterocycles. The van der Waals surface area contributed by atoms with Crippen LogP contribution < -0.4 is 10.6 Å². The van der Waals surface area contributed by atoms with Gasteiger partial charge in [-0.25, -0.2) is 9.59 Å². The summed E-state index contributed by atoms with van der Waals surface area (Å²) < 4.78 is 4.91. The number of hydrogen-bond donors (Lipinski definition) is 3. The fraction of sp³-hybridized carbons (Fsp3) is 0.545. The minimum Gasteiger partial charge on any atom is -0.480 e. The highest BCUT2D eigenvalue weighted by Gasteiger charge is 2.18. The van der Waals surface area contributed by atoms with Crippen molar-refractivity contribution < 1.29 is 19.2 Å². The van der Waals surface area contributed by atoms with Gasteiger partial charge in [-0.15, -0.1) is 0 Å². The van der Waals surface area contributed by atoms with Gasteiger partial charge in [-0.1, -0.05) is 18.5 Å². The van der Waals surface area contributed by atoms with E-state index in [4.69, 9.17) is 9.63 Å². The molecule has 0 unspecified atom stereocenters. The number of rotatable bonds is 6. The summed E-state index contributed by atoms with van der Waals surface area (Å²) in [7, 11) is 0. The third-order valence-corrected chi connectivity index (χ3v) is 2.28. The number of aliphatic carboxylic acids is 1. The van der Waals surface area contributed by atoms with E-state index in [1.165, 1.54) is 0 Å². The number of hydrogen-bond acceptors (Lipinski definition) is 4. The Bertz CT molecular complexity index is 416. The van der Waals surface area contributed by atoms with Gasteiger partial charge in [0.1, 0.15) is 6.04 Å². The number of nitrogens with one attached hydrogen (secondary N) is 2. The van der Waals surface area contributed by atoms with Crippen LogP contribution in [0.4, 0.5) is 4.79 Å². The van der Waals surface area contributed by atoms with E-state index in [1.54, 1.807) is 13.0 Å². The van der Waals surface area contributed by atoms with Crippen LogP contribution in [0.25, 0.3) is 0 Å². The van der Waals surface area contributed by atoms with Crippen LogP contribution in [0.1, 0.15) is 31.2 Å². The molecule has 0 aromatic carbocycles. The van der Waals surface area contributed by atoms with Gasteiger partial charge in [0.25, 0.3) is 0 Å². The molecule has 1 aromatic heterocycles. The number of carboxylic acids is 1. The first kappa shape index (κ1) is 14.0. The van der Waals surface area contributed by atoms with Crippen molar-refractivity contribution in [2.45, 2.75) is 39.3 Å². The Balaban J connectivity index is 2.38.